The normalized spacial score (nSPS) is 13.3. The highest BCUT2D eigenvalue weighted by Gasteiger charge is 2.19. The summed E-state index contributed by atoms with van der Waals surface area (Å²) >= 11 is 0. The maximum Gasteiger partial charge on any atom is 0.306 e. The van der Waals surface area contributed by atoms with Gasteiger partial charge in [-0.3, -0.25) is 14.4 Å². The van der Waals surface area contributed by atoms with E-state index in [0.717, 1.165) is 135 Å². The summed E-state index contributed by atoms with van der Waals surface area (Å²) in [6.07, 6.45) is 74.2. The summed E-state index contributed by atoms with van der Waals surface area (Å²) in [6, 6.07) is 0. The quantitative estimate of drug-likeness (QED) is 0.0263. The lowest BCUT2D eigenvalue weighted by atomic mass is 10.1. The zero-order chi connectivity index (χ0) is 47.2. The van der Waals surface area contributed by atoms with Crippen LogP contribution in [0.5, 0.6) is 0 Å². The molecule has 0 bridgehead atoms. The van der Waals surface area contributed by atoms with Crippen molar-refractivity contribution in [3.05, 3.63) is 146 Å². The van der Waals surface area contributed by atoms with Gasteiger partial charge in [-0.15, -0.1) is 0 Å². The Kier molecular flexibility index (Phi) is 48.2. The number of ether oxygens (including phenoxy) is 3. The molecule has 0 saturated heterocycles. The van der Waals surface area contributed by atoms with Crippen molar-refractivity contribution < 1.29 is 28.6 Å². The monoisotopic (exact) mass is 895 g/mol. The Morgan fingerprint density at radius 2 is 0.585 bits per heavy atom. The topological polar surface area (TPSA) is 78.9 Å². The molecule has 0 fully saturated rings. The minimum absolute atomic E-state index is 0.128. The van der Waals surface area contributed by atoms with Gasteiger partial charge in [-0.05, 0) is 122 Å². The molecule has 0 aliphatic heterocycles. The van der Waals surface area contributed by atoms with Gasteiger partial charge in [0.15, 0.2) is 6.10 Å². The van der Waals surface area contributed by atoms with E-state index in [4.69, 9.17) is 14.2 Å². The predicted molar refractivity (Wildman–Crippen MR) is 279 cm³/mol. The molecule has 0 aromatic rings. The van der Waals surface area contributed by atoms with Gasteiger partial charge >= 0.3 is 17.9 Å². The number of carbonyl (C=O) groups excluding carboxylic acids is 3. The van der Waals surface area contributed by atoms with Crippen molar-refractivity contribution in [2.24, 2.45) is 0 Å². The Hall–Kier alpha value is -4.71. The van der Waals surface area contributed by atoms with E-state index in [1.165, 1.54) is 0 Å². The van der Waals surface area contributed by atoms with E-state index in [-0.39, 0.29) is 44.0 Å². The van der Waals surface area contributed by atoms with Gasteiger partial charge < -0.3 is 14.2 Å². The first-order valence-corrected chi connectivity index (χ1v) is 25.3. The maximum atomic E-state index is 12.8. The summed E-state index contributed by atoms with van der Waals surface area (Å²) < 4.78 is 16.7. The van der Waals surface area contributed by atoms with Crippen molar-refractivity contribution in [3.63, 3.8) is 0 Å². The van der Waals surface area contributed by atoms with Gasteiger partial charge in [-0.25, -0.2) is 0 Å². The van der Waals surface area contributed by atoms with Crippen LogP contribution < -0.4 is 0 Å². The highest BCUT2D eigenvalue weighted by molar-refractivity contribution is 5.71. The van der Waals surface area contributed by atoms with Crippen LogP contribution >= 0.6 is 0 Å². The third-order valence-corrected chi connectivity index (χ3v) is 9.83. The minimum atomic E-state index is -0.837. The molecule has 362 valence electrons. The van der Waals surface area contributed by atoms with Gasteiger partial charge in [0.05, 0.1) is 0 Å². The maximum absolute atomic E-state index is 12.8. The number of rotatable bonds is 43. The lowest BCUT2D eigenvalue weighted by molar-refractivity contribution is -0.166. The fraction of sp³-hybridized carbons (Fsp3) is 0.542. The van der Waals surface area contributed by atoms with Gasteiger partial charge in [0.1, 0.15) is 13.2 Å². The molecule has 0 heterocycles. The first-order valence-electron chi connectivity index (χ1n) is 25.3. The Bertz CT molecular complexity index is 1490. The smallest absolute Gasteiger partial charge is 0.306 e. The SMILES string of the molecule is CC/C=C\C/C=C\C/C=C\C/C=C\C/C=C\C/C=C\CCC(=O)OCC(COC(=O)CCCCCCC/C=C\C/C=C\CC)OC(=O)CCCCC/C=C\C/C=C\C/C=C\C/C=C\CC. The van der Waals surface area contributed by atoms with Crippen LogP contribution in [-0.4, -0.2) is 37.2 Å². The third kappa shape index (κ3) is 50.2. The molecule has 0 spiro atoms. The largest absolute Gasteiger partial charge is 0.462 e. The summed E-state index contributed by atoms with van der Waals surface area (Å²) in [5.74, 6) is -1.08. The number of carbonyl (C=O) groups is 3. The Labute approximate surface area is 397 Å². The Balaban J connectivity index is 4.60. The zero-order valence-electron chi connectivity index (χ0n) is 41.2. The fourth-order valence-electron chi connectivity index (χ4n) is 6.14. The van der Waals surface area contributed by atoms with Crippen molar-refractivity contribution in [2.45, 2.75) is 194 Å². The molecule has 6 heteroatoms. The van der Waals surface area contributed by atoms with Crippen LogP contribution in [0, 0.1) is 0 Å². The molecule has 0 rings (SSSR count). The Morgan fingerprint density at radius 3 is 0.969 bits per heavy atom. The van der Waals surface area contributed by atoms with E-state index in [9.17, 15) is 14.4 Å². The molecule has 0 aromatic heterocycles. The molecule has 1 atom stereocenters. The second-order valence-electron chi connectivity index (χ2n) is 15.9. The summed E-state index contributed by atoms with van der Waals surface area (Å²) in [5.41, 5.74) is 0. The first-order chi connectivity index (χ1) is 32.0. The van der Waals surface area contributed by atoms with E-state index in [0.29, 0.717) is 19.3 Å². The molecule has 65 heavy (non-hydrogen) atoms. The van der Waals surface area contributed by atoms with E-state index in [1.807, 2.05) is 12.2 Å². The standard InChI is InChI=1S/C59H90O6/c1-4-7-10-13-16-19-22-25-27-29-30-31-33-34-37-40-43-46-49-52-58(61)64-55-56(54-63-57(60)51-48-45-42-39-36-24-21-18-15-12-9-6-3)65-59(62)53-50-47-44-41-38-35-32-28-26-23-20-17-14-11-8-5-2/h7-12,16-21,25-28,30-31,34-35,37-38,43,46,56H,4-6,13-15,22-24,29,32-33,36,39-42,44-45,47-55H2,1-3H3/b10-7-,11-8-,12-9-,19-16-,20-17-,21-18-,27-25-,28-26-,31-30-,37-34-,38-35-,46-43-. The van der Waals surface area contributed by atoms with E-state index >= 15 is 0 Å². The molecule has 0 aromatic carbocycles. The fourth-order valence-corrected chi connectivity index (χ4v) is 6.14. The summed E-state index contributed by atoms with van der Waals surface area (Å²) in [4.78, 5) is 37.9. The van der Waals surface area contributed by atoms with Gasteiger partial charge in [0.2, 0.25) is 0 Å². The number of hydrogen-bond donors (Lipinski definition) is 0. The minimum Gasteiger partial charge on any atom is -0.462 e. The molecule has 0 radical (unpaired) electrons. The van der Waals surface area contributed by atoms with Crippen LogP contribution in [0.25, 0.3) is 0 Å². The second-order valence-corrected chi connectivity index (χ2v) is 15.9. The van der Waals surface area contributed by atoms with E-state index < -0.39 is 6.10 Å². The zero-order valence-corrected chi connectivity index (χ0v) is 41.2. The van der Waals surface area contributed by atoms with Crippen LogP contribution in [0.1, 0.15) is 188 Å². The van der Waals surface area contributed by atoms with Gasteiger partial charge in [-0.2, -0.15) is 0 Å². The van der Waals surface area contributed by atoms with Gasteiger partial charge in [0, 0.05) is 19.3 Å². The van der Waals surface area contributed by atoms with Gasteiger partial charge in [0.25, 0.3) is 0 Å². The summed E-state index contributed by atoms with van der Waals surface area (Å²) in [5, 5.41) is 0. The summed E-state index contributed by atoms with van der Waals surface area (Å²) in [6.45, 7) is 6.16. The molecular weight excluding hydrogens is 805 g/mol. The van der Waals surface area contributed by atoms with Crippen LogP contribution in [0.15, 0.2) is 146 Å². The molecule has 0 amide bonds. The lowest BCUT2D eigenvalue weighted by Crippen LogP contribution is -2.30. The molecule has 6 nitrogen and oxygen atoms in total. The third-order valence-electron chi connectivity index (χ3n) is 9.83. The van der Waals surface area contributed by atoms with Crippen molar-refractivity contribution in [2.75, 3.05) is 13.2 Å². The number of unbranched alkanes of at least 4 members (excludes halogenated alkanes) is 8. The molecule has 0 aliphatic carbocycles. The van der Waals surface area contributed by atoms with Gasteiger partial charge in [-0.1, -0.05) is 192 Å². The van der Waals surface area contributed by atoms with Crippen molar-refractivity contribution in [3.8, 4) is 0 Å². The first kappa shape index (κ1) is 60.3. The van der Waals surface area contributed by atoms with Crippen LogP contribution in [0.2, 0.25) is 0 Å². The number of esters is 3. The van der Waals surface area contributed by atoms with Crippen LogP contribution in [0.3, 0.4) is 0 Å². The highest BCUT2D eigenvalue weighted by Crippen LogP contribution is 2.11. The molecule has 0 saturated carbocycles. The van der Waals surface area contributed by atoms with E-state index in [2.05, 4.69) is 154 Å². The van der Waals surface area contributed by atoms with Crippen molar-refractivity contribution in [1.82, 2.24) is 0 Å². The average Bonchev–Trinajstić information content (AvgIpc) is 3.30. The second kappa shape index (κ2) is 51.9. The predicted octanol–water partition coefficient (Wildman–Crippen LogP) is 16.9. The summed E-state index contributed by atoms with van der Waals surface area (Å²) in [7, 11) is 0. The number of allylic oxidation sites excluding steroid dienone is 24. The molecular formula is C59H90O6. The molecule has 1 unspecified atom stereocenters. The Morgan fingerprint density at radius 1 is 0.308 bits per heavy atom. The van der Waals surface area contributed by atoms with Crippen molar-refractivity contribution in [1.29, 1.82) is 0 Å². The number of hydrogen-bond acceptors (Lipinski definition) is 6. The van der Waals surface area contributed by atoms with E-state index in [1.54, 1.807) is 0 Å². The lowest BCUT2D eigenvalue weighted by Gasteiger charge is -2.18. The van der Waals surface area contributed by atoms with Crippen LogP contribution in [0.4, 0.5) is 0 Å². The molecule has 0 aliphatic rings. The van der Waals surface area contributed by atoms with Crippen LogP contribution in [-0.2, 0) is 28.6 Å². The molecule has 0 N–H and O–H groups in total. The average molecular weight is 895 g/mol. The highest BCUT2D eigenvalue weighted by atomic mass is 16.6. The van der Waals surface area contributed by atoms with Crippen molar-refractivity contribution >= 4 is 17.9 Å².